The molecule has 1 spiro atoms. The van der Waals surface area contributed by atoms with E-state index >= 15 is 0 Å². The minimum atomic E-state index is 0.360. The predicted molar refractivity (Wildman–Crippen MR) is 84.4 cm³/mol. The fraction of sp³-hybridized carbons (Fsp3) is 0.474. The SMILES string of the molecule is CC(C)c1ccc2c(c1)C1(CC1)c1cc(C(C)C)[nH]c1-2. The Kier molecular flexibility index (Phi) is 2.32. The molecule has 1 heterocycles. The number of aromatic amines is 1. The summed E-state index contributed by atoms with van der Waals surface area (Å²) in [5.41, 5.74) is 9.23. The van der Waals surface area contributed by atoms with E-state index in [1.165, 1.54) is 35.4 Å². The van der Waals surface area contributed by atoms with Crippen molar-refractivity contribution in [1.29, 1.82) is 0 Å². The highest BCUT2D eigenvalue weighted by Gasteiger charge is 2.53. The van der Waals surface area contributed by atoms with E-state index in [1.54, 1.807) is 11.1 Å². The lowest BCUT2D eigenvalue weighted by Gasteiger charge is -2.14. The van der Waals surface area contributed by atoms with Gasteiger partial charge in [0, 0.05) is 16.7 Å². The van der Waals surface area contributed by atoms with Gasteiger partial charge in [0.05, 0.1) is 5.69 Å². The van der Waals surface area contributed by atoms with Crippen molar-refractivity contribution in [2.75, 3.05) is 0 Å². The van der Waals surface area contributed by atoms with Crippen molar-refractivity contribution in [1.82, 2.24) is 4.98 Å². The molecular formula is C19H23N. The van der Waals surface area contributed by atoms with Gasteiger partial charge in [0.25, 0.3) is 0 Å². The zero-order chi connectivity index (χ0) is 14.1. The molecule has 1 aromatic carbocycles. The molecule has 2 aliphatic rings. The monoisotopic (exact) mass is 265 g/mol. The third-order valence-corrected chi connectivity index (χ3v) is 5.22. The van der Waals surface area contributed by atoms with E-state index in [2.05, 4.69) is 56.9 Å². The molecule has 2 aliphatic carbocycles. The van der Waals surface area contributed by atoms with Gasteiger partial charge in [-0.25, -0.2) is 0 Å². The van der Waals surface area contributed by atoms with Crippen LogP contribution in [0.3, 0.4) is 0 Å². The van der Waals surface area contributed by atoms with E-state index in [0.717, 1.165) is 0 Å². The number of hydrogen-bond donors (Lipinski definition) is 1. The summed E-state index contributed by atoms with van der Waals surface area (Å²) in [6.45, 7) is 9.10. The van der Waals surface area contributed by atoms with Crippen molar-refractivity contribution < 1.29 is 0 Å². The maximum absolute atomic E-state index is 3.69. The summed E-state index contributed by atoms with van der Waals surface area (Å²) in [4.78, 5) is 3.69. The van der Waals surface area contributed by atoms with Crippen molar-refractivity contribution in [3.8, 4) is 11.3 Å². The molecule has 1 saturated carbocycles. The first kappa shape index (κ1) is 12.3. The number of H-pyrrole nitrogens is 1. The van der Waals surface area contributed by atoms with E-state index in [0.29, 0.717) is 17.3 Å². The molecule has 1 N–H and O–H groups in total. The third kappa shape index (κ3) is 1.44. The van der Waals surface area contributed by atoms with E-state index < -0.39 is 0 Å². The van der Waals surface area contributed by atoms with Crippen LogP contribution in [0.2, 0.25) is 0 Å². The maximum Gasteiger partial charge on any atom is 0.0500 e. The van der Waals surface area contributed by atoms with Gasteiger partial charge >= 0.3 is 0 Å². The molecule has 20 heavy (non-hydrogen) atoms. The molecule has 0 amide bonds. The van der Waals surface area contributed by atoms with E-state index in [9.17, 15) is 0 Å². The number of hydrogen-bond acceptors (Lipinski definition) is 0. The summed E-state index contributed by atoms with van der Waals surface area (Å²) < 4.78 is 0. The minimum absolute atomic E-state index is 0.360. The van der Waals surface area contributed by atoms with E-state index in [-0.39, 0.29) is 0 Å². The van der Waals surface area contributed by atoms with Crippen molar-refractivity contribution in [3.63, 3.8) is 0 Å². The molecule has 2 aromatic rings. The van der Waals surface area contributed by atoms with Crippen LogP contribution in [0, 0.1) is 0 Å². The standard InChI is InChI=1S/C19H23N/c1-11(2)13-5-6-14-15(9-13)19(7-8-19)16-10-17(12(3)4)20-18(14)16/h5-6,9-12,20H,7-8H2,1-4H3. The Morgan fingerprint density at radius 2 is 1.70 bits per heavy atom. The van der Waals surface area contributed by atoms with Gasteiger partial charge in [-0.3, -0.25) is 0 Å². The van der Waals surface area contributed by atoms with Gasteiger partial charge in [-0.15, -0.1) is 0 Å². The number of rotatable bonds is 2. The molecule has 1 fully saturated rings. The van der Waals surface area contributed by atoms with Gasteiger partial charge in [0.15, 0.2) is 0 Å². The van der Waals surface area contributed by atoms with Gasteiger partial charge in [-0.1, -0.05) is 45.9 Å². The maximum atomic E-state index is 3.69. The van der Waals surface area contributed by atoms with Crippen LogP contribution in [-0.4, -0.2) is 4.98 Å². The Labute approximate surface area is 121 Å². The van der Waals surface area contributed by atoms with Gasteiger partial charge in [-0.05, 0) is 47.4 Å². The molecule has 0 radical (unpaired) electrons. The van der Waals surface area contributed by atoms with Crippen molar-refractivity contribution in [2.45, 2.75) is 57.8 Å². The van der Waals surface area contributed by atoms with Crippen LogP contribution >= 0.6 is 0 Å². The van der Waals surface area contributed by atoms with Crippen LogP contribution in [0.25, 0.3) is 11.3 Å². The first-order valence-electron chi connectivity index (χ1n) is 7.91. The lowest BCUT2D eigenvalue weighted by atomic mass is 9.90. The topological polar surface area (TPSA) is 15.8 Å². The second-order valence-corrected chi connectivity index (χ2v) is 7.21. The molecule has 0 bridgehead atoms. The van der Waals surface area contributed by atoms with Gasteiger partial charge < -0.3 is 4.98 Å². The lowest BCUT2D eigenvalue weighted by molar-refractivity contribution is 0.823. The van der Waals surface area contributed by atoms with Gasteiger partial charge in [0.1, 0.15) is 0 Å². The number of benzene rings is 1. The zero-order valence-corrected chi connectivity index (χ0v) is 12.9. The van der Waals surface area contributed by atoms with Crippen LogP contribution < -0.4 is 0 Å². The smallest absolute Gasteiger partial charge is 0.0500 e. The summed E-state index contributed by atoms with van der Waals surface area (Å²) in [6, 6.07) is 9.56. The molecule has 104 valence electrons. The van der Waals surface area contributed by atoms with Gasteiger partial charge in [0.2, 0.25) is 0 Å². The van der Waals surface area contributed by atoms with Gasteiger partial charge in [-0.2, -0.15) is 0 Å². The van der Waals surface area contributed by atoms with Crippen LogP contribution in [-0.2, 0) is 5.41 Å². The Morgan fingerprint density at radius 1 is 0.950 bits per heavy atom. The summed E-state index contributed by atoms with van der Waals surface area (Å²) in [6.07, 6.45) is 2.65. The van der Waals surface area contributed by atoms with E-state index in [1.807, 2.05) is 0 Å². The molecule has 0 saturated heterocycles. The normalized spacial score (nSPS) is 17.9. The summed E-state index contributed by atoms with van der Waals surface area (Å²) in [5, 5.41) is 0. The molecule has 1 nitrogen and oxygen atoms in total. The Bertz CT molecular complexity index is 684. The lowest BCUT2D eigenvalue weighted by Crippen LogP contribution is -2.04. The van der Waals surface area contributed by atoms with Crippen molar-refractivity contribution >= 4 is 0 Å². The molecule has 1 heteroatoms. The Morgan fingerprint density at radius 3 is 2.30 bits per heavy atom. The van der Waals surface area contributed by atoms with Crippen LogP contribution in [0.4, 0.5) is 0 Å². The van der Waals surface area contributed by atoms with Crippen molar-refractivity contribution in [3.05, 3.63) is 46.6 Å². The fourth-order valence-corrected chi connectivity index (χ4v) is 3.72. The first-order valence-corrected chi connectivity index (χ1v) is 7.91. The molecule has 0 aliphatic heterocycles. The highest BCUT2D eigenvalue weighted by atomic mass is 14.8. The highest BCUT2D eigenvalue weighted by Crippen LogP contribution is 2.63. The Balaban J connectivity index is 1.92. The summed E-state index contributed by atoms with van der Waals surface area (Å²) >= 11 is 0. The summed E-state index contributed by atoms with van der Waals surface area (Å²) in [5.74, 6) is 1.19. The second-order valence-electron chi connectivity index (χ2n) is 7.21. The zero-order valence-electron chi connectivity index (χ0n) is 12.9. The fourth-order valence-electron chi connectivity index (χ4n) is 3.72. The molecule has 1 aromatic heterocycles. The molecule has 0 atom stereocenters. The third-order valence-electron chi connectivity index (χ3n) is 5.22. The number of fused-ring (bicyclic) bond motifs is 5. The van der Waals surface area contributed by atoms with E-state index in [4.69, 9.17) is 0 Å². The predicted octanol–water partition coefficient (Wildman–Crippen LogP) is 5.32. The first-order chi connectivity index (χ1) is 9.53. The number of aromatic nitrogens is 1. The van der Waals surface area contributed by atoms with Crippen LogP contribution in [0.15, 0.2) is 24.3 Å². The average Bonchev–Trinajstić information content (AvgIpc) is 3.02. The van der Waals surface area contributed by atoms with Crippen LogP contribution in [0.1, 0.15) is 74.8 Å². The molecular weight excluding hydrogens is 242 g/mol. The van der Waals surface area contributed by atoms with Crippen molar-refractivity contribution in [2.24, 2.45) is 0 Å². The Hall–Kier alpha value is -1.50. The number of nitrogens with one attached hydrogen (secondary N) is 1. The second kappa shape index (κ2) is 3.78. The largest absolute Gasteiger partial charge is 0.358 e. The average molecular weight is 265 g/mol. The molecule has 4 rings (SSSR count). The minimum Gasteiger partial charge on any atom is -0.358 e. The van der Waals surface area contributed by atoms with Crippen LogP contribution in [0.5, 0.6) is 0 Å². The quantitative estimate of drug-likeness (QED) is 0.756. The molecule has 0 unspecified atom stereocenters. The highest BCUT2D eigenvalue weighted by molar-refractivity contribution is 5.81. The summed E-state index contributed by atoms with van der Waals surface area (Å²) in [7, 11) is 0.